The highest BCUT2D eigenvalue weighted by molar-refractivity contribution is 5.76. The van der Waals surface area contributed by atoms with Gasteiger partial charge in [0.15, 0.2) is 0 Å². The molecule has 0 aromatic rings. The molecule has 0 aliphatic carbocycles. The van der Waals surface area contributed by atoms with Gasteiger partial charge in [-0.25, -0.2) is 0 Å². The monoisotopic (exact) mass is 233 g/mol. The third kappa shape index (κ3) is 10.9. The lowest BCUT2D eigenvalue weighted by Gasteiger charge is -2.09. The van der Waals surface area contributed by atoms with Crippen LogP contribution in [0.15, 0.2) is 0 Å². The van der Waals surface area contributed by atoms with Gasteiger partial charge < -0.3 is 19.5 Å². The minimum atomic E-state index is -1.00. The number of carboxylic acid groups (broad SMARTS) is 1. The van der Waals surface area contributed by atoms with Crippen LogP contribution >= 0.6 is 0 Å². The van der Waals surface area contributed by atoms with Gasteiger partial charge in [-0.1, -0.05) is 0 Å². The maximum Gasteiger partial charge on any atom is 0.306 e. The number of carbonyl (C=O) groups excluding carboxylic acids is 1. The van der Waals surface area contributed by atoms with E-state index in [0.29, 0.717) is 13.2 Å². The van der Waals surface area contributed by atoms with Crippen LogP contribution in [0.1, 0.15) is 12.8 Å². The molecule has 16 heavy (non-hydrogen) atoms. The van der Waals surface area contributed by atoms with Crippen molar-refractivity contribution in [3.05, 3.63) is 0 Å². The molecule has 6 heteroatoms. The van der Waals surface area contributed by atoms with Crippen molar-refractivity contribution < 1.29 is 24.2 Å². The number of carbonyl (C=O) groups is 2. The molecule has 0 unspecified atom stereocenters. The van der Waals surface area contributed by atoms with Crippen molar-refractivity contribution >= 4 is 11.9 Å². The number of likely N-dealkylation sites (N-methyl/N-ethyl adjacent to an activating group) is 1. The number of esters is 1. The molecular formula is C10H19NO5. The van der Waals surface area contributed by atoms with Crippen LogP contribution in [0.25, 0.3) is 0 Å². The molecule has 6 nitrogen and oxygen atoms in total. The molecule has 0 spiro atoms. The largest absolute Gasteiger partial charge is 0.481 e. The second kappa shape index (κ2) is 9.11. The van der Waals surface area contributed by atoms with Crippen LogP contribution < -0.4 is 0 Å². The number of nitrogens with zero attached hydrogens (tertiary/aromatic N) is 1. The van der Waals surface area contributed by atoms with E-state index in [4.69, 9.17) is 14.6 Å². The van der Waals surface area contributed by atoms with E-state index in [1.807, 2.05) is 19.0 Å². The molecule has 0 aliphatic heterocycles. The van der Waals surface area contributed by atoms with E-state index < -0.39 is 11.9 Å². The molecule has 0 amide bonds. The van der Waals surface area contributed by atoms with E-state index in [9.17, 15) is 9.59 Å². The van der Waals surface area contributed by atoms with Crippen molar-refractivity contribution in [3.8, 4) is 0 Å². The predicted octanol–water partition coefficient (Wildman–Crippen LogP) is -0.0274. The molecule has 0 aromatic heterocycles. The Morgan fingerprint density at radius 1 is 1.12 bits per heavy atom. The molecule has 94 valence electrons. The summed E-state index contributed by atoms with van der Waals surface area (Å²) < 4.78 is 9.94. The lowest BCUT2D eigenvalue weighted by Crippen LogP contribution is -2.19. The van der Waals surface area contributed by atoms with Gasteiger partial charge in [0.1, 0.15) is 6.61 Å². The number of aliphatic carboxylic acids is 1. The van der Waals surface area contributed by atoms with Crippen LogP contribution in [0.5, 0.6) is 0 Å². The SMILES string of the molecule is CN(C)CCOCCOC(=O)CCC(=O)O. The summed E-state index contributed by atoms with van der Waals surface area (Å²) in [7, 11) is 3.88. The van der Waals surface area contributed by atoms with Gasteiger partial charge in [0.2, 0.25) is 0 Å². The Bertz CT molecular complexity index is 217. The quantitative estimate of drug-likeness (QED) is 0.445. The fraction of sp³-hybridized carbons (Fsp3) is 0.800. The van der Waals surface area contributed by atoms with Crippen LogP contribution in [-0.2, 0) is 19.1 Å². The topological polar surface area (TPSA) is 76.1 Å². The third-order valence-electron chi connectivity index (χ3n) is 1.72. The van der Waals surface area contributed by atoms with Gasteiger partial charge >= 0.3 is 11.9 Å². The Kier molecular flexibility index (Phi) is 8.46. The minimum absolute atomic E-state index is 0.0902. The van der Waals surface area contributed by atoms with Gasteiger partial charge in [0, 0.05) is 6.54 Å². The van der Waals surface area contributed by atoms with Crippen LogP contribution in [0.2, 0.25) is 0 Å². The van der Waals surface area contributed by atoms with E-state index in [-0.39, 0.29) is 19.4 Å². The molecule has 0 saturated carbocycles. The molecule has 0 atom stereocenters. The van der Waals surface area contributed by atoms with Crippen molar-refractivity contribution in [1.82, 2.24) is 4.90 Å². The number of ether oxygens (including phenoxy) is 2. The van der Waals surface area contributed by atoms with E-state index in [1.54, 1.807) is 0 Å². The Balaban J connectivity index is 3.24. The molecule has 0 bridgehead atoms. The predicted molar refractivity (Wildman–Crippen MR) is 57.2 cm³/mol. The zero-order chi connectivity index (χ0) is 12.4. The molecule has 0 rings (SSSR count). The fourth-order valence-electron chi connectivity index (χ4n) is 0.845. The first-order valence-electron chi connectivity index (χ1n) is 5.12. The van der Waals surface area contributed by atoms with Gasteiger partial charge in [-0.05, 0) is 14.1 Å². The average Bonchev–Trinajstić information content (AvgIpc) is 2.19. The summed E-state index contributed by atoms with van der Waals surface area (Å²) >= 11 is 0. The highest BCUT2D eigenvalue weighted by Crippen LogP contribution is 1.92. The molecule has 0 saturated heterocycles. The first-order valence-corrected chi connectivity index (χ1v) is 5.12. The first-order chi connectivity index (χ1) is 7.52. The van der Waals surface area contributed by atoms with Gasteiger partial charge in [0.25, 0.3) is 0 Å². The van der Waals surface area contributed by atoms with Gasteiger partial charge in [-0.3, -0.25) is 9.59 Å². The highest BCUT2D eigenvalue weighted by atomic mass is 16.6. The summed E-state index contributed by atoms with van der Waals surface area (Å²) in [6.07, 6.45) is -0.284. The summed E-state index contributed by atoms with van der Waals surface area (Å²) in [6, 6.07) is 0. The molecule has 0 aromatic carbocycles. The zero-order valence-electron chi connectivity index (χ0n) is 9.77. The highest BCUT2D eigenvalue weighted by Gasteiger charge is 2.05. The summed E-state index contributed by atoms with van der Waals surface area (Å²) in [5.74, 6) is -1.50. The van der Waals surface area contributed by atoms with E-state index >= 15 is 0 Å². The minimum Gasteiger partial charge on any atom is -0.481 e. The van der Waals surface area contributed by atoms with Crippen LogP contribution in [0, 0.1) is 0 Å². The van der Waals surface area contributed by atoms with E-state index in [1.165, 1.54) is 0 Å². The number of hydrogen-bond donors (Lipinski definition) is 1. The zero-order valence-corrected chi connectivity index (χ0v) is 9.77. The third-order valence-corrected chi connectivity index (χ3v) is 1.72. The Morgan fingerprint density at radius 3 is 2.38 bits per heavy atom. The normalized spacial score (nSPS) is 10.4. The van der Waals surface area contributed by atoms with Crippen molar-refractivity contribution in [2.75, 3.05) is 40.5 Å². The van der Waals surface area contributed by atoms with Gasteiger partial charge in [-0.15, -0.1) is 0 Å². The molecule has 1 N–H and O–H groups in total. The lowest BCUT2D eigenvalue weighted by molar-refractivity contribution is -0.148. The standard InChI is InChI=1S/C10H19NO5/c1-11(2)5-6-15-7-8-16-10(14)4-3-9(12)13/h3-8H2,1-2H3,(H,12,13). The summed E-state index contributed by atoms with van der Waals surface area (Å²) in [5.41, 5.74) is 0. The van der Waals surface area contributed by atoms with Crippen LogP contribution in [-0.4, -0.2) is 62.4 Å². The summed E-state index contributed by atoms with van der Waals surface area (Å²) in [5, 5.41) is 8.32. The molecule has 0 aliphatic rings. The Labute approximate surface area is 95.1 Å². The lowest BCUT2D eigenvalue weighted by atomic mass is 10.3. The van der Waals surface area contributed by atoms with E-state index in [0.717, 1.165) is 6.54 Å². The molecule has 0 fully saturated rings. The maximum atomic E-state index is 10.9. The Morgan fingerprint density at radius 2 is 1.81 bits per heavy atom. The smallest absolute Gasteiger partial charge is 0.306 e. The number of rotatable bonds is 9. The van der Waals surface area contributed by atoms with Gasteiger partial charge in [0.05, 0.1) is 26.1 Å². The van der Waals surface area contributed by atoms with Crippen LogP contribution in [0.4, 0.5) is 0 Å². The van der Waals surface area contributed by atoms with E-state index in [2.05, 4.69) is 0 Å². The van der Waals surface area contributed by atoms with Crippen molar-refractivity contribution in [2.45, 2.75) is 12.8 Å². The van der Waals surface area contributed by atoms with Crippen molar-refractivity contribution in [2.24, 2.45) is 0 Å². The van der Waals surface area contributed by atoms with Crippen LogP contribution in [0.3, 0.4) is 0 Å². The Hall–Kier alpha value is -1.14. The summed E-state index contributed by atoms with van der Waals surface area (Å²) in [4.78, 5) is 23.1. The van der Waals surface area contributed by atoms with Crippen molar-refractivity contribution in [1.29, 1.82) is 0 Å². The first kappa shape index (κ1) is 14.9. The fourth-order valence-corrected chi connectivity index (χ4v) is 0.845. The van der Waals surface area contributed by atoms with Crippen molar-refractivity contribution in [3.63, 3.8) is 0 Å². The molecular weight excluding hydrogens is 214 g/mol. The number of carboxylic acids is 1. The molecule has 0 heterocycles. The second-order valence-electron chi connectivity index (χ2n) is 3.53. The van der Waals surface area contributed by atoms with Gasteiger partial charge in [-0.2, -0.15) is 0 Å². The number of hydrogen-bond acceptors (Lipinski definition) is 5. The molecule has 0 radical (unpaired) electrons. The maximum absolute atomic E-state index is 10.9. The average molecular weight is 233 g/mol. The summed E-state index contributed by atoms with van der Waals surface area (Å²) in [6.45, 7) is 1.91. The second-order valence-corrected chi connectivity index (χ2v) is 3.53.